The highest BCUT2D eigenvalue weighted by molar-refractivity contribution is 5.94. The number of piperidine rings is 1. The quantitative estimate of drug-likeness (QED) is 0.131. The molecule has 1 aromatic carbocycles. The van der Waals surface area contributed by atoms with Crippen LogP contribution in [-0.4, -0.2) is 64.6 Å². The molecule has 0 unspecified atom stereocenters. The number of amides is 1. The molecule has 1 fully saturated rings. The van der Waals surface area contributed by atoms with E-state index in [2.05, 4.69) is 5.16 Å². The number of oxime groups is 1. The third-order valence-electron chi connectivity index (χ3n) is 5.53. The first-order valence-corrected chi connectivity index (χ1v) is 9.93. The summed E-state index contributed by atoms with van der Waals surface area (Å²) >= 11 is 0. The van der Waals surface area contributed by atoms with Crippen molar-refractivity contribution in [2.75, 3.05) is 26.3 Å². The van der Waals surface area contributed by atoms with Crippen molar-refractivity contribution < 1.29 is 25.0 Å². The number of aliphatic hydroxyl groups is 2. The van der Waals surface area contributed by atoms with Crippen molar-refractivity contribution in [3.63, 3.8) is 0 Å². The Balaban J connectivity index is 1.90. The highest BCUT2D eigenvalue weighted by Crippen LogP contribution is 2.28. The Morgan fingerprint density at radius 1 is 1.34 bits per heavy atom. The van der Waals surface area contributed by atoms with Gasteiger partial charge in [-0.3, -0.25) is 4.79 Å². The number of likely N-dealkylation sites (tertiary alicyclic amines) is 1. The molecule has 162 valence electrons. The van der Waals surface area contributed by atoms with Crippen LogP contribution in [0.3, 0.4) is 0 Å². The van der Waals surface area contributed by atoms with Gasteiger partial charge < -0.3 is 36.5 Å². The van der Waals surface area contributed by atoms with Crippen LogP contribution >= 0.6 is 0 Å². The van der Waals surface area contributed by atoms with Crippen molar-refractivity contribution in [2.45, 2.75) is 45.1 Å². The summed E-state index contributed by atoms with van der Waals surface area (Å²) in [6.45, 7) is 3.46. The number of benzene rings is 1. The van der Waals surface area contributed by atoms with Gasteiger partial charge in [-0.05, 0) is 56.2 Å². The second-order valence-corrected chi connectivity index (χ2v) is 7.50. The van der Waals surface area contributed by atoms with Crippen molar-refractivity contribution >= 4 is 11.9 Å². The Morgan fingerprint density at radius 2 is 2.03 bits per heavy atom. The smallest absolute Gasteiger partial charge is 0.248 e. The van der Waals surface area contributed by atoms with E-state index in [1.807, 2.05) is 4.90 Å². The first-order valence-electron chi connectivity index (χ1n) is 9.93. The molecule has 1 amide bonds. The molecule has 29 heavy (non-hydrogen) atoms. The van der Waals surface area contributed by atoms with Gasteiger partial charge in [-0.25, -0.2) is 0 Å². The van der Waals surface area contributed by atoms with Crippen LogP contribution in [0.15, 0.2) is 17.3 Å². The van der Waals surface area contributed by atoms with Crippen LogP contribution in [0, 0.1) is 12.8 Å². The summed E-state index contributed by atoms with van der Waals surface area (Å²) in [6.07, 6.45) is 3.10. The number of carbonyl (C=O) groups is 1. The number of nitrogens with two attached hydrogens (primary N) is 2. The predicted octanol–water partition coefficient (Wildman–Crippen LogP) is 0.565. The number of carbonyl (C=O) groups excluding carboxylic acids is 1. The Morgan fingerprint density at radius 3 is 2.62 bits per heavy atom. The fourth-order valence-electron chi connectivity index (χ4n) is 3.76. The number of hydrogen-bond acceptors (Lipinski definition) is 6. The topological polar surface area (TPSA) is 155 Å². The van der Waals surface area contributed by atoms with Crippen molar-refractivity contribution in [1.82, 2.24) is 4.90 Å². The zero-order valence-electron chi connectivity index (χ0n) is 16.9. The van der Waals surface area contributed by atoms with Crippen LogP contribution in [0.5, 0.6) is 5.75 Å². The van der Waals surface area contributed by atoms with E-state index < -0.39 is 12.0 Å². The molecular formula is C20H32N4O5. The van der Waals surface area contributed by atoms with Crippen LogP contribution in [0.2, 0.25) is 0 Å². The largest absolute Gasteiger partial charge is 0.493 e. The molecule has 0 aromatic heterocycles. The molecule has 1 saturated heterocycles. The third kappa shape index (κ3) is 6.23. The Labute approximate surface area is 170 Å². The van der Waals surface area contributed by atoms with E-state index in [1.165, 1.54) is 0 Å². The summed E-state index contributed by atoms with van der Waals surface area (Å²) in [7, 11) is 0. The molecule has 9 heteroatoms. The Bertz CT molecular complexity index is 717. The lowest BCUT2D eigenvalue weighted by Crippen LogP contribution is -2.42. The second-order valence-electron chi connectivity index (χ2n) is 7.50. The van der Waals surface area contributed by atoms with Gasteiger partial charge in [0.25, 0.3) is 0 Å². The number of primary amides is 1. The molecule has 0 bridgehead atoms. The van der Waals surface area contributed by atoms with Crippen LogP contribution in [-0.2, 0) is 6.42 Å². The van der Waals surface area contributed by atoms with E-state index in [1.54, 1.807) is 19.1 Å². The lowest BCUT2D eigenvalue weighted by atomic mass is 9.92. The van der Waals surface area contributed by atoms with E-state index in [4.69, 9.17) is 26.5 Å². The van der Waals surface area contributed by atoms with E-state index in [9.17, 15) is 9.90 Å². The molecule has 1 heterocycles. The number of hydrogen-bond donors (Lipinski definition) is 5. The van der Waals surface area contributed by atoms with Crippen molar-refractivity contribution in [2.24, 2.45) is 22.5 Å². The van der Waals surface area contributed by atoms with E-state index in [0.717, 1.165) is 38.8 Å². The summed E-state index contributed by atoms with van der Waals surface area (Å²) in [5.74, 6) is 0.795. The van der Waals surface area contributed by atoms with Gasteiger partial charge in [0.15, 0.2) is 0 Å². The minimum Gasteiger partial charge on any atom is -0.493 e. The van der Waals surface area contributed by atoms with Crippen LogP contribution < -0.4 is 16.2 Å². The lowest BCUT2D eigenvalue weighted by molar-refractivity contribution is 0.0943. The molecule has 1 aromatic rings. The van der Waals surface area contributed by atoms with Crippen LogP contribution in [0.25, 0.3) is 0 Å². The molecule has 9 nitrogen and oxygen atoms in total. The maximum absolute atomic E-state index is 11.6. The van der Waals surface area contributed by atoms with Gasteiger partial charge in [-0.15, -0.1) is 0 Å². The number of rotatable bonds is 9. The minimum absolute atomic E-state index is 0.166. The van der Waals surface area contributed by atoms with Gasteiger partial charge in [0.1, 0.15) is 5.75 Å². The average molecular weight is 408 g/mol. The molecule has 0 spiro atoms. The minimum atomic E-state index is -0.931. The monoisotopic (exact) mass is 408 g/mol. The third-order valence-corrected chi connectivity index (χ3v) is 5.53. The summed E-state index contributed by atoms with van der Waals surface area (Å²) in [4.78, 5) is 13.5. The number of nitrogens with zero attached hydrogens (tertiary/aromatic N) is 2. The first kappa shape index (κ1) is 22.8. The molecule has 1 atom stereocenters. The van der Waals surface area contributed by atoms with E-state index >= 15 is 0 Å². The fraction of sp³-hybridized carbons (Fsp3) is 0.600. The highest BCUT2D eigenvalue weighted by atomic mass is 16.5. The fourth-order valence-corrected chi connectivity index (χ4v) is 3.76. The molecular weight excluding hydrogens is 376 g/mol. The Hall–Kier alpha value is -2.52. The molecule has 0 saturated carbocycles. The summed E-state index contributed by atoms with van der Waals surface area (Å²) in [5.41, 5.74) is 12.8. The zero-order valence-corrected chi connectivity index (χ0v) is 16.9. The molecule has 1 aliphatic rings. The lowest BCUT2D eigenvalue weighted by Gasteiger charge is -2.32. The maximum atomic E-state index is 11.6. The van der Waals surface area contributed by atoms with Crippen molar-refractivity contribution in [1.29, 1.82) is 0 Å². The summed E-state index contributed by atoms with van der Waals surface area (Å²) in [5, 5.41) is 30.8. The average Bonchev–Trinajstić information content (AvgIpc) is 2.72. The van der Waals surface area contributed by atoms with Crippen molar-refractivity contribution in [3.8, 4) is 5.75 Å². The van der Waals surface area contributed by atoms with Crippen LogP contribution in [0.4, 0.5) is 0 Å². The van der Waals surface area contributed by atoms with Gasteiger partial charge in [0.05, 0.1) is 19.3 Å². The Kier molecular flexibility index (Phi) is 8.53. The second kappa shape index (κ2) is 10.9. The van der Waals surface area contributed by atoms with Gasteiger partial charge in [-0.1, -0.05) is 5.16 Å². The predicted molar refractivity (Wildman–Crippen MR) is 109 cm³/mol. The van der Waals surface area contributed by atoms with Gasteiger partial charge >= 0.3 is 0 Å². The highest BCUT2D eigenvalue weighted by Gasteiger charge is 2.21. The maximum Gasteiger partial charge on any atom is 0.248 e. The molecule has 1 aliphatic heterocycles. The zero-order chi connectivity index (χ0) is 21.4. The normalized spacial score (nSPS) is 16.7. The standard InChI is InChI=1S/C20H32N4O5/c1-13-16(19(21)27)4-5-18(17(13)11-15(26)12-25)29-10-2-3-14-6-8-24(9-7-14)20(22)23-28/h4-5,14-15,25-26,28H,2-3,6-12H2,1H3,(H2,21,27)(H2,22,23)/t15-/m0/s1. The SMILES string of the molecule is Cc1c(C(N)=O)ccc(OCCCC2CCN(/C(N)=N/O)CC2)c1C[C@H](O)CO. The first-order chi connectivity index (χ1) is 13.9. The molecule has 7 N–H and O–H groups in total. The number of ether oxygens (including phenoxy) is 1. The molecule has 2 rings (SSSR count). The van der Waals surface area contributed by atoms with Crippen molar-refractivity contribution in [3.05, 3.63) is 28.8 Å². The van der Waals surface area contributed by atoms with E-state index in [0.29, 0.717) is 35.0 Å². The number of aliphatic hydroxyl groups excluding tert-OH is 2. The van der Waals surface area contributed by atoms with Gasteiger partial charge in [0, 0.05) is 30.6 Å². The number of guanidine groups is 1. The van der Waals surface area contributed by atoms with Gasteiger partial charge in [0.2, 0.25) is 11.9 Å². The summed E-state index contributed by atoms with van der Waals surface area (Å²) < 4.78 is 5.94. The molecule has 0 radical (unpaired) electrons. The molecule has 0 aliphatic carbocycles. The van der Waals surface area contributed by atoms with Gasteiger partial charge in [-0.2, -0.15) is 0 Å². The van der Waals surface area contributed by atoms with Crippen LogP contribution in [0.1, 0.15) is 47.2 Å². The summed E-state index contributed by atoms with van der Waals surface area (Å²) in [6, 6.07) is 3.33. The van der Waals surface area contributed by atoms with E-state index in [-0.39, 0.29) is 19.0 Å².